The SMILES string of the molecule is CC(C)NC(=O)CC(=O)N(C)c1ccccc1. The number of carbonyl (C=O) groups excluding carboxylic acids is 2. The third-order valence-electron chi connectivity index (χ3n) is 2.28. The topological polar surface area (TPSA) is 49.4 Å². The molecule has 0 atom stereocenters. The molecule has 0 heterocycles. The summed E-state index contributed by atoms with van der Waals surface area (Å²) in [6, 6.07) is 9.31. The van der Waals surface area contributed by atoms with Crippen LogP contribution in [0.25, 0.3) is 0 Å². The predicted molar refractivity (Wildman–Crippen MR) is 67.7 cm³/mol. The van der Waals surface area contributed by atoms with Gasteiger partial charge in [0.1, 0.15) is 6.42 Å². The molecule has 1 rings (SSSR count). The van der Waals surface area contributed by atoms with E-state index in [0.717, 1.165) is 5.69 Å². The van der Waals surface area contributed by atoms with Crippen LogP contribution in [0, 0.1) is 0 Å². The predicted octanol–water partition coefficient (Wildman–Crippen LogP) is 1.56. The number of anilines is 1. The van der Waals surface area contributed by atoms with Gasteiger partial charge in [-0.05, 0) is 26.0 Å². The zero-order valence-corrected chi connectivity index (χ0v) is 10.4. The summed E-state index contributed by atoms with van der Waals surface area (Å²) >= 11 is 0. The molecule has 1 aromatic rings. The van der Waals surface area contributed by atoms with E-state index in [-0.39, 0.29) is 24.3 Å². The number of hydrogen-bond donors (Lipinski definition) is 1. The fourth-order valence-corrected chi connectivity index (χ4v) is 1.42. The molecule has 4 heteroatoms. The van der Waals surface area contributed by atoms with Gasteiger partial charge in [-0.2, -0.15) is 0 Å². The van der Waals surface area contributed by atoms with Crippen LogP contribution in [0.4, 0.5) is 5.69 Å². The minimum atomic E-state index is -0.243. The number of hydrogen-bond acceptors (Lipinski definition) is 2. The normalized spacial score (nSPS) is 10.1. The first-order valence-corrected chi connectivity index (χ1v) is 5.61. The molecule has 0 saturated heterocycles. The minimum Gasteiger partial charge on any atom is -0.353 e. The molecule has 0 aromatic heterocycles. The molecular formula is C13H18N2O2. The summed E-state index contributed by atoms with van der Waals surface area (Å²) in [4.78, 5) is 24.7. The number of rotatable bonds is 4. The highest BCUT2D eigenvalue weighted by Crippen LogP contribution is 2.11. The summed E-state index contributed by atoms with van der Waals surface area (Å²) in [5, 5.41) is 2.69. The highest BCUT2D eigenvalue weighted by Gasteiger charge is 2.15. The molecule has 0 aliphatic rings. The average molecular weight is 234 g/mol. The molecule has 0 fully saturated rings. The number of para-hydroxylation sites is 1. The summed E-state index contributed by atoms with van der Waals surface area (Å²) in [7, 11) is 1.67. The Kier molecular flexibility index (Phi) is 4.69. The number of nitrogens with zero attached hydrogens (tertiary/aromatic N) is 1. The van der Waals surface area contributed by atoms with Gasteiger partial charge in [0, 0.05) is 18.8 Å². The zero-order chi connectivity index (χ0) is 12.8. The third-order valence-corrected chi connectivity index (χ3v) is 2.28. The Morgan fingerprint density at radius 1 is 1.24 bits per heavy atom. The lowest BCUT2D eigenvalue weighted by atomic mass is 10.2. The Labute approximate surface area is 102 Å². The van der Waals surface area contributed by atoms with Crippen LogP contribution < -0.4 is 10.2 Å². The summed E-state index contributed by atoms with van der Waals surface area (Å²) in [6.07, 6.45) is -0.121. The lowest BCUT2D eigenvalue weighted by Gasteiger charge is -2.17. The van der Waals surface area contributed by atoms with E-state index in [1.54, 1.807) is 7.05 Å². The zero-order valence-electron chi connectivity index (χ0n) is 10.4. The van der Waals surface area contributed by atoms with Crippen LogP contribution in [0.5, 0.6) is 0 Å². The van der Waals surface area contributed by atoms with E-state index in [0.29, 0.717) is 0 Å². The first-order chi connectivity index (χ1) is 8.00. The van der Waals surface area contributed by atoms with Gasteiger partial charge in [0.05, 0.1) is 0 Å². The van der Waals surface area contributed by atoms with Crippen LogP contribution in [0.1, 0.15) is 20.3 Å². The van der Waals surface area contributed by atoms with Gasteiger partial charge in [0.15, 0.2) is 0 Å². The molecule has 0 aliphatic carbocycles. The number of amides is 2. The van der Waals surface area contributed by atoms with Crippen molar-refractivity contribution in [3.8, 4) is 0 Å². The molecule has 0 aliphatic heterocycles. The van der Waals surface area contributed by atoms with Crippen LogP contribution in [0.15, 0.2) is 30.3 Å². The molecule has 4 nitrogen and oxygen atoms in total. The smallest absolute Gasteiger partial charge is 0.236 e. The molecule has 0 unspecified atom stereocenters. The van der Waals surface area contributed by atoms with Crippen molar-refractivity contribution in [1.82, 2.24) is 5.32 Å². The maximum atomic E-state index is 11.8. The van der Waals surface area contributed by atoms with E-state index >= 15 is 0 Å². The lowest BCUT2D eigenvalue weighted by Crippen LogP contribution is -2.36. The van der Waals surface area contributed by atoms with Gasteiger partial charge in [0.2, 0.25) is 11.8 Å². The number of benzene rings is 1. The van der Waals surface area contributed by atoms with Gasteiger partial charge < -0.3 is 10.2 Å². The molecule has 0 bridgehead atoms. The Bertz CT molecular complexity index is 388. The second-order valence-corrected chi connectivity index (χ2v) is 4.19. The van der Waals surface area contributed by atoms with E-state index in [2.05, 4.69) is 5.32 Å². The second kappa shape index (κ2) is 6.03. The van der Waals surface area contributed by atoms with Crippen molar-refractivity contribution in [2.24, 2.45) is 0 Å². The van der Waals surface area contributed by atoms with Crippen molar-refractivity contribution in [3.05, 3.63) is 30.3 Å². The van der Waals surface area contributed by atoms with Crippen LogP contribution in [0.3, 0.4) is 0 Å². The Morgan fingerprint density at radius 3 is 2.35 bits per heavy atom. The Hall–Kier alpha value is -1.84. The molecular weight excluding hydrogens is 216 g/mol. The molecule has 1 N–H and O–H groups in total. The Morgan fingerprint density at radius 2 is 1.82 bits per heavy atom. The molecule has 92 valence electrons. The molecule has 0 spiro atoms. The van der Waals surface area contributed by atoms with E-state index < -0.39 is 0 Å². The number of nitrogens with one attached hydrogen (secondary N) is 1. The van der Waals surface area contributed by atoms with Gasteiger partial charge in [-0.3, -0.25) is 9.59 Å². The maximum Gasteiger partial charge on any atom is 0.236 e. The highest BCUT2D eigenvalue weighted by molar-refractivity contribution is 6.04. The molecule has 2 amide bonds. The highest BCUT2D eigenvalue weighted by atomic mass is 16.2. The molecule has 1 aromatic carbocycles. The summed E-state index contributed by atoms with van der Waals surface area (Å²) in [5.74, 6) is -0.456. The van der Waals surface area contributed by atoms with Gasteiger partial charge in [-0.25, -0.2) is 0 Å². The second-order valence-electron chi connectivity index (χ2n) is 4.19. The lowest BCUT2D eigenvalue weighted by molar-refractivity contribution is -0.128. The average Bonchev–Trinajstić information content (AvgIpc) is 2.28. The number of carbonyl (C=O) groups is 2. The first kappa shape index (κ1) is 13.2. The largest absolute Gasteiger partial charge is 0.353 e. The Balaban J connectivity index is 2.56. The van der Waals surface area contributed by atoms with Crippen LogP contribution in [-0.2, 0) is 9.59 Å². The van der Waals surface area contributed by atoms with Crippen molar-refractivity contribution >= 4 is 17.5 Å². The monoisotopic (exact) mass is 234 g/mol. The van der Waals surface area contributed by atoms with E-state index in [1.165, 1.54) is 4.90 Å². The van der Waals surface area contributed by atoms with Crippen molar-refractivity contribution < 1.29 is 9.59 Å². The molecule has 0 radical (unpaired) electrons. The minimum absolute atomic E-state index is 0.0531. The quantitative estimate of drug-likeness (QED) is 0.804. The van der Waals surface area contributed by atoms with E-state index in [9.17, 15) is 9.59 Å². The van der Waals surface area contributed by atoms with Gasteiger partial charge in [-0.15, -0.1) is 0 Å². The van der Waals surface area contributed by atoms with Gasteiger partial charge in [-0.1, -0.05) is 18.2 Å². The standard InChI is InChI=1S/C13H18N2O2/c1-10(2)14-12(16)9-13(17)15(3)11-7-5-4-6-8-11/h4-8,10H,9H2,1-3H3,(H,14,16). The van der Waals surface area contributed by atoms with Crippen LogP contribution in [-0.4, -0.2) is 24.9 Å². The maximum absolute atomic E-state index is 11.8. The van der Waals surface area contributed by atoms with Crippen LogP contribution in [0.2, 0.25) is 0 Å². The van der Waals surface area contributed by atoms with Crippen molar-refractivity contribution in [1.29, 1.82) is 0 Å². The summed E-state index contributed by atoms with van der Waals surface area (Å²) < 4.78 is 0. The van der Waals surface area contributed by atoms with Gasteiger partial charge >= 0.3 is 0 Å². The molecule has 17 heavy (non-hydrogen) atoms. The third kappa shape index (κ3) is 4.26. The fraction of sp³-hybridized carbons (Fsp3) is 0.385. The summed E-state index contributed by atoms with van der Waals surface area (Å²) in [6.45, 7) is 3.73. The van der Waals surface area contributed by atoms with Crippen molar-refractivity contribution in [2.75, 3.05) is 11.9 Å². The first-order valence-electron chi connectivity index (χ1n) is 5.61. The van der Waals surface area contributed by atoms with E-state index in [4.69, 9.17) is 0 Å². The van der Waals surface area contributed by atoms with Crippen molar-refractivity contribution in [2.45, 2.75) is 26.3 Å². The fourth-order valence-electron chi connectivity index (χ4n) is 1.42. The van der Waals surface area contributed by atoms with E-state index in [1.807, 2.05) is 44.2 Å². The summed E-state index contributed by atoms with van der Waals surface area (Å²) in [5.41, 5.74) is 0.787. The van der Waals surface area contributed by atoms with Crippen LogP contribution >= 0.6 is 0 Å². The molecule has 0 saturated carbocycles. The van der Waals surface area contributed by atoms with Gasteiger partial charge in [0.25, 0.3) is 0 Å². The van der Waals surface area contributed by atoms with Crippen molar-refractivity contribution in [3.63, 3.8) is 0 Å².